The zero-order valence-corrected chi connectivity index (χ0v) is 21.2. The quantitative estimate of drug-likeness (QED) is 0.493. The average Bonchev–Trinajstić information content (AvgIpc) is 3.47. The van der Waals surface area contributed by atoms with Crippen LogP contribution in [-0.4, -0.2) is 35.5 Å². The van der Waals surface area contributed by atoms with Crippen LogP contribution in [0.15, 0.2) is 56.1 Å². The summed E-state index contributed by atoms with van der Waals surface area (Å²) in [6.45, 7) is 10.8. The molecule has 0 bridgehead atoms. The van der Waals surface area contributed by atoms with Crippen molar-refractivity contribution in [3.05, 3.63) is 59.1 Å². The van der Waals surface area contributed by atoms with E-state index in [2.05, 4.69) is 64.9 Å². The van der Waals surface area contributed by atoms with Crippen LogP contribution in [0.5, 0.6) is 0 Å². The number of aromatic nitrogens is 2. The summed E-state index contributed by atoms with van der Waals surface area (Å²) in [5, 5.41) is 10.4. The third kappa shape index (κ3) is 6.16. The van der Waals surface area contributed by atoms with Gasteiger partial charge in [0.25, 0.3) is 0 Å². The Morgan fingerprint density at radius 1 is 1.27 bits per heavy atom. The number of nitrogens with zero attached hydrogens (tertiary/aromatic N) is 2. The molecule has 1 amide bonds. The van der Waals surface area contributed by atoms with Crippen LogP contribution in [0, 0.1) is 5.92 Å². The summed E-state index contributed by atoms with van der Waals surface area (Å²) in [6.07, 6.45) is 11.0. The Balaban J connectivity index is 1.30. The predicted octanol–water partition coefficient (Wildman–Crippen LogP) is 4.63. The first-order valence-corrected chi connectivity index (χ1v) is 13.0. The molecular weight excluding hydrogens is 454 g/mol. The Morgan fingerprint density at radius 2 is 2.12 bits per heavy atom. The van der Waals surface area contributed by atoms with Gasteiger partial charge in [0.2, 0.25) is 11.8 Å². The van der Waals surface area contributed by atoms with Crippen LogP contribution in [0.25, 0.3) is 0 Å². The Morgan fingerprint density at radius 3 is 2.79 bits per heavy atom. The highest BCUT2D eigenvalue weighted by atomic mass is 32.2. The van der Waals surface area contributed by atoms with Crippen LogP contribution in [0.2, 0.25) is 0 Å². The van der Waals surface area contributed by atoms with Crippen LogP contribution in [0.1, 0.15) is 45.8 Å². The molecule has 0 fully saturated rings. The number of anilines is 1. The second kappa shape index (κ2) is 10.3. The highest BCUT2D eigenvalue weighted by Gasteiger charge is 2.22. The third-order valence-electron chi connectivity index (χ3n) is 5.62. The summed E-state index contributed by atoms with van der Waals surface area (Å²) in [4.78, 5) is 21.5. The van der Waals surface area contributed by atoms with E-state index in [4.69, 9.17) is 4.42 Å². The van der Waals surface area contributed by atoms with Gasteiger partial charge in [-0.1, -0.05) is 44.3 Å². The normalized spacial score (nSPS) is 17.5. The molecule has 0 saturated heterocycles. The van der Waals surface area contributed by atoms with Gasteiger partial charge in [-0.05, 0) is 37.1 Å². The van der Waals surface area contributed by atoms with Gasteiger partial charge in [0.1, 0.15) is 5.76 Å². The third-order valence-corrected chi connectivity index (χ3v) is 7.71. The number of carbonyl (C=O) groups excluding carboxylic acids is 1. The molecule has 2 aliphatic heterocycles. The van der Waals surface area contributed by atoms with Crippen molar-refractivity contribution in [3.63, 3.8) is 0 Å². The lowest BCUT2D eigenvalue weighted by Crippen LogP contribution is -2.32. The van der Waals surface area contributed by atoms with Crippen LogP contribution < -0.4 is 16.0 Å². The molecule has 0 aliphatic carbocycles. The van der Waals surface area contributed by atoms with Gasteiger partial charge >= 0.3 is 0 Å². The number of dihydropyridines is 1. The highest BCUT2D eigenvalue weighted by molar-refractivity contribution is 8.00. The first-order chi connectivity index (χ1) is 15.8. The number of thioether (sulfide) groups is 1. The van der Waals surface area contributed by atoms with Gasteiger partial charge in [-0.2, -0.15) is 0 Å². The van der Waals surface area contributed by atoms with Crippen molar-refractivity contribution in [3.8, 4) is 0 Å². The number of hydrogen-bond acceptors (Lipinski definition) is 8. The molecule has 1 atom stereocenters. The van der Waals surface area contributed by atoms with E-state index in [1.807, 2.05) is 6.92 Å². The molecule has 9 heteroatoms. The first-order valence-electron chi connectivity index (χ1n) is 11.2. The standard InChI is InChI=1S/C24H31N5O2S2/c1-15(16-7-8-18(26-11-16)17-6-5-9-25-10-17)22(30)29-23-28-13-21(33-23)32-14-20-27-12-19(31-20)24(2,3)4/h6-8,12-13,15,25-26H,5,9-11,14H2,1-4H3,(H,28,29,30). The van der Waals surface area contributed by atoms with Gasteiger partial charge < -0.3 is 20.4 Å². The van der Waals surface area contributed by atoms with E-state index in [1.165, 1.54) is 16.9 Å². The molecule has 2 aliphatic rings. The van der Waals surface area contributed by atoms with Crippen molar-refractivity contribution < 1.29 is 9.21 Å². The lowest BCUT2D eigenvalue weighted by molar-refractivity contribution is -0.118. The van der Waals surface area contributed by atoms with Crippen LogP contribution >= 0.6 is 23.1 Å². The average molecular weight is 486 g/mol. The van der Waals surface area contributed by atoms with Crippen molar-refractivity contribution in [2.75, 3.05) is 25.0 Å². The second-order valence-corrected chi connectivity index (χ2v) is 11.5. The van der Waals surface area contributed by atoms with Gasteiger partial charge in [0.15, 0.2) is 5.13 Å². The number of carbonyl (C=O) groups is 1. The number of nitrogens with one attached hydrogen (secondary N) is 3. The monoisotopic (exact) mass is 485 g/mol. The van der Waals surface area contributed by atoms with Gasteiger partial charge in [-0.3, -0.25) is 4.79 Å². The van der Waals surface area contributed by atoms with Gasteiger partial charge in [0.05, 0.1) is 28.3 Å². The lowest BCUT2D eigenvalue weighted by atomic mass is 9.94. The molecule has 2 aromatic rings. The molecule has 0 saturated carbocycles. The summed E-state index contributed by atoms with van der Waals surface area (Å²) in [6, 6.07) is 0. The maximum atomic E-state index is 12.8. The van der Waals surface area contributed by atoms with E-state index in [1.54, 1.807) is 24.2 Å². The van der Waals surface area contributed by atoms with E-state index in [9.17, 15) is 4.79 Å². The molecule has 0 aromatic carbocycles. The lowest BCUT2D eigenvalue weighted by Gasteiger charge is -2.24. The number of thiazole rings is 1. The SMILES string of the molecule is CC(C(=O)Nc1ncc(SCc2ncc(C(C)(C)C)o2)s1)C1=CC=C(C2=CCCNC2)NC1. The topological polar surface area (TPSA) is 92.1 Å². The Labute approximate surface area is 203 Å². The van der Waals surface area contributed by atoms with Crippen LogP contribution in [-0.2, 0) is 16.0 Å². The fourth-order valence-electron chi connectivity index (χ4n) is 3.49. The molecule has 7 nitrogen and oxygen atoms in total. The number of hydrogen-bond donors (Lipinski definition) is 3. The van der Waals surface area contributed by atoms with Crippen molar-refractivity contribution in [1.82, 2.24) is 20.6 Å². The molecule has 0 spiro atoms. The summed E-state index contributed by atoms with van der Waals surface area (Å²) < 4.78 is 6.85. The maximum absolute atomic E-state index is 12.8. The summed E-state index contributed by atoms with van der Waals surface area (Å²) >= 11 is 3.07. The van der Waals surface area contributed by atoms with Crippen molar-refractivity contribution in [2.24, 2.45) is 5.92 Å². The van der Waals surface area contributed by atoms with Crippen LogP contribution in [0.4, 0.5) is 5.13 Å². The predicted molar refractivity (Wildman–Crippen MR) is 134 cm³/mol. The van der Waals surface area contributed by atoms with E-state index in [0.717, 1.165) is 40.7 Å². The second-order valence-electron chi connectivity index (χ2n) is 9.22. The Bertz CT molecular complexity index is 1090. The minimum Gasteiger partial charge on any atom is -0.444 e. The highest BCUT2D eigenvalue weighted by Crippen LogP contribution is 2.32. The minimum atomic E-state index is -0.239. The Hall–Kier alpha value is -2.36. The van der Waals surface area contributed by atoms with E-state index >= 15 is 0 Å². The molecule has 4 heterocycles. The molecule has 2 aromatic heterocycles. The van der Waals surface area contributed by atoms with Crippen molar-refractivity contribution in [1.29, 1.82) is 0 Å². The van der Waals surface area contributed by atoms with E-state index < -0.39 is 0 Å². The molecule has 3 N–H and O–H groups in total. The summed E-state index contributed by atoms with van der Waals surface area (Å²) in [7, 11) is 0. The van der Waals surface area contributed by atoms with Gasteiger partial charge in [0, 0.05) is 24.2 Å². The summed E-state index contributed by atoms with van der Waals surface area (Å²) in [5.41, 5.74) is 3.44. The largest absolute Gasteiger partial charge is 0.444 e. The van der Waals surface area contributed by atoms with Crippen LogP contribution in [0.3, 0.4) is 0 Å². The Kier molecular flexibility index (Phi) is 7.41. The fourth-order valence-corrected chi connectivity index (χ4v) is 5.22. The zero-order chi connectivity index (χ0) is 23.4. The number of allylic oxidation sites excluding steroid dienone is 2. The molecule has 0 radical (unpaired) electrons. The molecule has 176 valence electrons. The smallest absolute Gasteiger partial charge is 0.233 e. The number of oxazole rings is 1. The fraction of sp³-hybridized carbons (Fsp3) is 0.458. The summed E-state index contributed by atoms with van der Waals surface area (Å²) in [5.74, 6) is 1.91. The van der Waals surface area contributed by atoms with Crippen molar-refractivity contribution >= 4 is 34.1 Å². The first kappa shape index (κ1) is 23.8. The van der Waals surface area contributed by atoms with Crippen molar-refractivity contribution in [2.45, 2.75) is 49.5 Å². The number of amides is 1. The molecule has 1 unspecified atom stereocenters. The molecule has 33 heavy (non-hydrogen) atoms. The van der Waals surface area contributed by atoms with Gasteiger partial charge in [-0.15, -0.1) is 11.8 Å². The maximum Gasteiger partial charge on any atom is 0.233 e. The zero-order valence-electron chi connectivity index (χ0n) is 19.5. The number of rotatable bonds is 7. The minimum absolute atomic E-state index is 0.0492. The van der Waals surface area contributed by atoms with Gasteiger partial charge in [-0.25, -0.2) is 9.97 Å². The molecular formula is C24H31N5O2S2. The van der Waals surface area contributed by atoms with E-state index in [0.29, 0.717) is 23.3 Å². The molecule has 4 rings (SSSR count). The van der Waals surface area contributed by atoms with E-state index in [-0.39, 0.29) is 17.2 Å².